The average Bonchev–Trinajstić information content (AvgIpc) is 2.42. The number of carbonyl (C=O) groups is 1. The van der Waals surface area contributed by atoms with Crippen molar-refractivity contribution >= 4 is 5.97 Å². The number of esters is 1. The fourth-order valence-electron chi connectivity index (χ4n) is 5.29. The second-order valence-corrected chi connectivity index (χ2v) is 6.37. The van der Waals surface area contributed by atoms with E-state index in [2.05, 4.69) is 20.8 Å². The van der Waals surface area contributed by atoms with Crippen LogP contribution in [0.15, 0.2) is 0 Å². The van der Waals surface area contributed by atoms with Crippen LogP contribution < -0.4 is 0 Å². The van der Waals surface area contributed by atoms with E-state index in [-0.39, 0.29) is 17.5 Å². The number of hydrogen-bond donors (Lipinski definition) is 0. The van der Waals surface area contributed by atoms with E-state index in [9.17, 15) is 4.79 Å². The van der Waals surface area contributed by atoms with Crippen molar-refractivity contribution in [3.05, 3.63) is 0 Å². The van der Waals surface area contributed by atoms with E-state index in [1.165, 1.54) is 19.8 Å². The Morgan fingerprint density at radius 3 is 2.33 bits per heavy atom. The molecule has 3 rings (SSSR count). The van der Waals surface area contributed by atoms with Crippen LogP contribution in [0.5, 0.6) is 0 Å². The molecule has 2 heteroatoms. The van der Waals surface area contributed by atoms with Gasteiger partial charge in [-0.15, -0.1) is 0 Å². The number of rotatable bonds is 1. The summed E-state index contributed by atoms with van der Waals surface area (Å²) in [7, 11) is 0. The summed E-state index contributed by atoms with van der Waals surface area (Å²) in [6, 6.07) is 0. The fraction of sp³-hybridized carbons (Fsp3) is 0.923. The fourth-order valence-corrected chi connectivity index (χ4v) is 5.29. The highest BCUT2D eigenvalue weighted by molar-refractivity contribution is 5.66. The van der Waals surface area contributed by atoms with Crippen LogP contribution in [0.4, 0.5) is 0 Å². The molecule has 3 aliphatic carbocycles. The minimum Gasteiger partial charge on any atom is -0.462 e. The van der Waals surface area contributed by atoms with Crippen molar-refractivity contribution in [3.63, 3.8) is 0 Å². The summed E-state index contributed by atoms with van der Waals surface area (Å²) in [5.41, 5.74) is 1.15. The zero-order chi connectivity index (χ0) is 11.1. The molecular weight excluding hydrogens is 188 g/mol. The van der Waals surface area contributed by atoms with Crippen LogP contribution in [0.25, 0.3) is 0 Å². The third-order valence-corrected chi connectivity index (χ3v) is 6.31. The van der Waals surface area contributed by atoms with Crippen molar-refractivity contribution in [1.29, 1.82) is 0 Å². The summed E-state index contributed by atoms with van der Waals surface area (Å²) in [6.07, 6.45) is 3.98. The van der Waals surface area contributed by atoms with Crippen LogP contribution in [0.1, 0.15) is 47.0 Å². The molecule has 3 aliphatic rings. The first-order chi connectivity index (χ1) is 6.88. The number of hydrogen-bond acceptors (Lipinski definition) is 2. The standard InChI is InChI=1S/C13H20O2/c1-8(14)15-10-7-9-5-6-13(9)11(2,3)12(10,13)4/h9-10H,5-7H2,1-4H3. The first-order valence-corrected chi connectivity index (χ1v) is 6.05. The van der Waals surface area contributed by atoms with E-state index >= 15 is 0 Å². The molecule has 0 radical (unpaired) electrons. The Hall–Kier alpha value is -0.530. The Labute approximate surface area is 91.4 Å². The van der Waals surface area contributed by atoms with Gasteiger partial charge < -0.3 is 4.74 Å². The van der Waals surface area contributed by atoms with Crippen LogP contribution in [-0.2, 0) is 9.53 Å². The van der Waals surface area contributed by atoms with Gasteiger partial charge in [0, 0.05) is 12.3 Å². The summed E-state index contributed by atoms with van der Waals surface area (Å²) in [5, 5.41) is 0. The molecule has 1 spiro atoms. The molecule has 0 amide bonds. The summed E-state index contributed by atoms with van der Waals surface area (Å²) in [6.45, 7) is 8.58. The van der Waals surface area contributed by atoms with Gasteiger partial charge in [0.1, 0.15) is 6.10 Å². The highest BCUT2D eigenvalue weighted by atomic mass is 16.5. The van der Waals surface area contributed by atoms with Crippen LogP contribution in [-0.4, -0.2) is 12.1 Å². The largest absolute Gasteiger partial charge is 0.462 e. The maximum Gasteiger partial charge on any atom is 0.302 e. The number of ether oxygens (including phenoxy) is 1. The maximum absolute atomic E-state index is 11.1. The summed E-state index contributed by atoms with van der Waals surface area (Å²) < 4.78 is 5.54. The molecule has 0 N–H and O–H groups in total. The van der Waals surface area contributed by atoms with Crippen molar-refractivity contribution in [1.82, 2.24) is 0 Å². The molecule has 4 atom stereocenters. The molecule has 3 fully saturated rings. The summed E-state index contributed by atoms with van der Waals surface area (Å²) in [4.78, 5) is 11.1. The Kier molecular flexibility index (Phi) is 1.46. The minimum absolute atomic E-state index is 0.111. The molecule has 0 aliphatic heterocycles. The van der Waals surface area contributed by atoms with Crippen molar-refractivity contribution in [2.24, 2.45) is 22.2 Å². The molecule has 0 aromatic rings. The van der Waals surface area contributed by atoms with E-state index in [1.54, 1.807) is 0 Å². The van der Waals surface area contributed by atoms with Crippen molar-refractivity contribution in [3.8, 4) is 0 Å². The normalized spacial score (nSPS) is 53.9. The molecule has 3 saturated carbocycles. The van der Waals surface area contributed by atoms with Gasteiger partial charge in [-0.05, 0) is 36.0 Å². The molecule has 84 valence electrons. The summed E-state index contributed by atoms with van der Waals surface area (Å²) in [5.74, 6) is 0.710. The first-order valence-electron chi connectivity index (χ1n) is 6.05. The van der Waals surface area contributed by atoms with Gasteiger partial charge in [0.05, 0.1) is 0 Å². The second kappa shape index (κ2) is 2.26. The zero-order valence-corrected chi connectivity index (χ0v) is 10.1. The van der Waals surface area contributed by atoms with Crippen molar-refractivity contribution in [2.45, 2.75) is 53.1 Å². The Balaban J connectivity index is 1.94. The Bertz CT molecular complexity index is 346. The van der Waals surface area contributed by atoms with Gasteiger partial charge in [-0.2, -0.15) is 0 Å². The van der Waals surface area contributed by atoms with E-state index in [0.29, 0.717) is 10.8 Å². The molecule has 0 bridgehead atoms. The SMILES string of the molecule is CC(=O)OC1CC2CCC23C(C)(C)C13C. The summed E-state index contributed by atoms with van der Waals surface area (Å²) >= 11 is 0. The van der Waals surface area contributed by atoms with E-state index < -0.39 is 0 Å². The lowest BCUT2D eigenvalue weighted by molar-refractivity contribution is -0.150. The molecule has 4 unspecified atom stereocenters. The van der Waals surface area contributed by atoms with Gasteiger partial charge >= 0.3 is 5.97 Å². The quantitative estimate of drug-likeness (QED) is 0.619. The third kappa shape index (κ3) is 0.696. The van der Waals surface area contributed by atoms with Gasteiger partial charge in [0.25, 0.3) is 0 Å². The maximum atomic E-state index is 11.1. The lowest BCUT2D eigenvalue weighted by Gasteiger charge is -2.38. The van der Waals surface area contributed by atoms with Gasteiger partial charge in [-0.1, -0.05) is 20.8 Å². The van der Waals surface area contributed by atoms with Crippen LogP contribution in [0, 0.1) is 22.2 Å². The van der Waals surface area contributed by atoms with Gasteiger partial charge in [0.15, 0.2) is 0 Å². The highest BCUT2D eigenvalue weighted by Gasteiger charge is 2.90. The molecular formula is C13H20O2. The molecule has 0 heterocycles. The number of carbonyl (C=O) groups excluding carboxylic acids is 1. The van der Waals surface area contributed by atoms with Gasteiger partial charge in [0.2, 0.25) is 0 Å². The first kappa shape index (κ1) is 9.68. The van der Waals surface area contributed by atoms with Gasteiger partial charge in [-0.3, -0.25) is 4.79 Å². The second-order valence-electron chi connectivity index (χ2n) is 6.37. The van der Waals surface area contributed by atoms with Crippen molar-refractivity contribution < 1.29 is 9.53 Å². The molecule has 0 saturated heterocycles. The lowest BCUT2D eigenvalue weighted by Crippen LogP contribution is -2.31. The third-order valence-electron chi connectivity index (χ3n) is 6.31. The van der Waals surface area contributed by atoms with E-state index in [4.69, 9.17) is 4.74 Å². The van der Waals surface area contributed by atoms with E-state index in [1.807, 2.05) is 0 Å². The van der Waals surface area contributed by atoms with E-state index in [0.717, 1.165) is 12.3 Å². The molecule has 0 aromatic carbocycles. The van der Waals surface area contributed by atoms with Gasteiger partial charge in [-0.25, -0.2) is 0 Å². The van der Waals surface area contributed by atoms with Crippen LogP contribution in [0.2, 0.25) is 0 Å². The molecule has 2 nitrogen and oxygen atoms in total. The minimum atomic E-state index is -0.111. The Morgan fingerprint density at radius 1 is 1.33 bits per heavy atom. The lowest BCUT2D eigenvalue weighted by atomic mass is 9.66. The van der Waals surface area contributed by atoms with Crippen LogP contribution >= 0.6 is 0 Å². The highest BCUT2D eigenvalue weighted by Crippen LogP contribution is 2.92. The average molecular weight is 208 g/mol. The topological polar surface area (TPSA) is 26.3 Å². The molecule has 0 aromatic heterocycles. The smallest absolute Gasteiger partial charge is 0.302 e. The predicted molar refractivity (Wildman–Crippen MR) is 57.2 cm³/mol. The van der Waals surface area contributed by atoms with Crippen molar-refractivity contribution in [2.75, 3.05) is 0 Å². The predicted octanol–water partition coefficient (Wildman–Crippen LogP) is 2.76. The monoisotopic (exact) mass is 208 g/mol. The molecule has 15 heavy (non-hydrogen) atoms. The van der Waals surface area contributed by atoms with Crippen LogP contribution in [0.3, 0.4) is 0 Å². The zero-order valence-electron chi connectivity index (χ0n) is 10.1. The Morgan fingerprint density at radius 2 is 2.00 bits per heavy atom.